The molecule has 0 aliphatic carbocycles. The molecule has 1 aromatic rings. The van der Waals surface area contributed by atoms with Crippen molar-refractivity contribution < 1.29 is 9.53 Å². The lowest BCUT2D eigenvalue weighted by Crippen LogP contribution is -2.24. The normalized spacial score (nSPS) is 10.2. The summed E-state index contributed by atoms with van der Waals surface area (Å²) in [6.07, 6.45) is 1.97. The maximum atomic E-state index is 11.9. The summed E-state index contributed by atoms with van der Waals surface area (Å²) in [6.45, 7) is 4.05. The van der Waals surface area contributed by atoms with Crippen molar-refractivity contribution >= 4 is 17.3 Å². The number of rotatable bonds is 8. The lowest BCUT2D eigenvalue weighted by atomic mass is 10.1. The van der Waals surface area contributed by atoms with Crippen molar-refractivity contribution in [3.63, 3.8) is 0 Å². The van der Waals surface area contributed by atoms with Gasteiger partial charge in [-0.15, -0.1) is 0 Å². The molecule has 5 heteroatoms. The average Bonchev–Trinajstić information content (AvgIpc) is 2.39. The molecule has 1 amide bonds. The number of nitrogens with two attached hydrogens (primary N) is 1. The molecule has 0 bridgehead atoms. The summed E-state index contributed by atoms with van der Waals surface area (Å²) in [5.41, 5.74) is 7.82. The molecule has 0 aliphatic heterocycles. The second kappa shape index (κ2) is 8.37. The van der Waals surface area contributed by atoms with E-state index in [4.69, 9.17) is 10.5 Å². The molecule has 4 N–H and O–H groups in total. The van der Waals surface area contributed by atoms with Gasteiger partial charge in [0, 0.05) is 38.2 Å². The summed E-state index contributed by atoms with van der Waals surface area (Å²) >= 11 is 0. The Bertz CT molecular complexity index is 408. The van der Waals surface area contributed by atoms with Crippen molar-refractivity contribution in [3.8, 4) is 0 Å². The van der Waals surface area contributed by atoms with Crippen molar-refractivity contribution in [2.45, 2.75) is 19.8 Å². The standard InChI is InChI=1S/C14H23N3O2/c1-3-16-14(18)12-7-6-11(15)10-13(12)17-8-4-5-9-19-2/h6-7,10,17H,3-5,8-9,15H2,1-2H3,(H,16,18). The van der Waals surface area contributed by atoms with Gasteiger partial charge in [-0.2, -0.15) is 0 Å². The fourth-order valence-electron chi connectivity index (χ4n) is 1.76. The van der Waals surface area contributed by atoms with Crippen LogP contribution < -0.4 is 16.4 Å². The molecular weight excluding hydrogens is 242 g/mol. The Balaban J connectivity index is 2.63. The minimum absolute atomic E-state index is 0.0816. The van der Waals surface area contributed by atoms with Gasteiger partial charge >= 0.3 is 0 Å². The highest BCUT2D eigenvalue weighted by molar-refractivity contribution is 6.00. The first-order chi connectivity index (χ1) is 9.19. The van der Waals surface area contributed by atoms with Gasteiger partial charge in [-0.25, -0.2) is 0 Å². The molecule has 1 rings (SSSR count). The maximum absolute atomic E-state index is 11.9. The lowest BCUT2D eigenvalue weighted by molar-refractivity contribution is 0.0956. The van der Waals surface area contributed by atoms with Gasteiger partial charge < -0.3 is 21.1 Å². The average molecular weight is 265 g/mol. The molecule has 5 nitrogen and oxygen atoms in total. The van der Waals surface area contributed by atoms with E-state index in [1.165, 1.54) is 0 Å². The first kappa shape index (κ1) is 15.3. The summed E-state index contributed by atoms with van der Waals surface area (Å²) in [6, 6.07) is 5.28. The molecule has 0 heterocycles. The summed E-state index contributed by atoms with van der Waals surface area (Å²) in [4.78, 5) is 11.9. The number of carbonyl (C=O) groups is 1. The summed E-state index contributed by atoms with van der Waals surface area (Å²) < 4.78 is 5.00. The number of ether oxygens (including phenoxy) is 1. The van der Waals surface area contributed by atoms with Crippen LogP contribution in [0.15, 0.2) is 18.2 Å². The molecule has 0 atom stereocenters. The van der Waals surface area contributed by atoms with Gasteiger partial charge in [-0.3, -0.25) is 4.79 Å². The zero-order chi connectivity index (χ0) is 14.1. The molecule has 0 aliphatic rings. The molecule has 0 saturated carbocycles. The van der Waals surface area contributed by atoms with E-state index >= 15 is 0 Å². The van der Waals surface area contributed by atoms with Crippen molar-refractivity contribution in [3.05, 3.63) is 23.8 Å². The SMILES string of the molecule is CCNC(=O)c1ccc(N)cc1NCCCCOC. The Morgan fingerprint density at radius 2 is 2.16 bits per heavy atom. The van der Waals surface area contributed by atoms with Crippen molar-refractivity contribution in [2.24, 2.45) is 0 Å². The van der Waals surface area contributed by atoms with E-state index in [1.54, 1.807) is 25.3 Å². The second-order valence-electron chi connectivity index (χ2n) is 4.29. The van der Waals surface area contributed by atoms with E-state index in [9.17, 15) is 4.79 Å². The van der Waals surface area contributed by atoms with Crippen LogP contribution in [0.3, 0.4) is 0 Å². The second-order valence-corrected chi connectivity index (χ2v) is 4.29. The van der Waals surface area contributed by atoms with Gasteiger partial charge in [0.2, 0.25) is 0 Å². The number of anilines is 2. The van der Waals surface area contributed by atoms with Crippen LogP contribution in [0.2, 0.25) is 0 Å². The molecule has 0 aromatic heterocycles. The topological polar surface area (TPSA) is 76.4 Å². The molecular formula is C14H23N3O2. The van der Waals surface area contributed by atoms with E-state index in [-0.39, 0.29) is 5.91 Å². The number of unbranched alkanes of at least 4 members (excludes halogenated alkanes) is 1. The van der Waals surface area contributed by atoms with E-state index in [2.05, 4.69) is 10.6 Å². The minimum atomic E-state index is -0.0816. The zero-order valence-corrected chi connectivity index (χ0v) is 11.7. The largest absolute Gasteiger partial charge is 0.399 e. The van der Waals surface area contributed by atoms with Crippen LogP contribution in [0.25, 0.3) is 0 Å². The number of amides is 1. The molecule has 0 saturated heterocycles. The third-order valence-corrected chi connectivity index (χ3v) is 2.72. The Labute approximate surface area is 114 Å². The summed E-state index contributed by atoms with van der Waals surface area (Å²) in [7, 11) is 1.69. The number of benzene rings is 1. The fraction of sp³-hybridized carbons (Fsp3) is 0.500. The smallest absolute Gasteiger partial charge is 0.253 e. The monoisotopic (exact) mass is 265 g/mol. The highest BCUT2D eigenvalue weighted by Gasteiger charge is 2.10. The molecule has 0 spiro atoms. The molecule has 106 valence electrons. The number of methoxy groups -OCH3 is 1. The number of hydrogen-bond donors (Lipinski definition) is 3. The lowest BCUT2D eigenvalue weighted by Gasteiger charge is -2.12. The predicted molar refractivity (Wildman–Crippen MR) is 78.5 cm³/mol. The number of hydrogen-bond acceptors (Lipinski definition) is 4. The molecule has 19 heavy (non-hydrogen) atoms. The van der Waals surface area contributed by atoms with Crippen LogP contribution in [-0.2, 0) is 4.74 Å². The van der Waals surface area contributed by atoms with Gasteiger partial charge in [0.1, 0.15) is 0 Å². The van der Waals surface area contributed by atoms with Gasteiger partial charge in [-0.05, 0) is 38.0 Å². The fourth-order valence-corrected chi connectivity index (χ4v) is 1.76. The number of nitrogens with one attached hydrogen (secondary N) is 2. The van der Waals surface area contributed by atoms with Crippen LogP contribution in [0.1, 0.15) is 30.1 Å². The first-order valence-electron chi connectivity index (χ1n) is 6.59. The van der Waals surface area contributed by atoms with Crippen LogP contribution in [0.4, 0.5) is 11.4 Å². The van der Waals surface area contributed by atoms with Crippen LogP contribution in [-0.4, -0.2) is 32.7 Å². The predicted octanol–water partition coefficient (Wildman–Crippen LogP) is 1.86. The van der Waals surface area contributed by atoms with Gasteiger partial charge in [0.05, 0.1) is 5.56 Å². The van der Waals surface area contributed by atoms with Gasteiger partial charge in [0.15, 0.2) is 0 Å². The van der Waals surface area contributed by atoms with E-state index in [1.807, 2.05) is 6.92 Å². The Morgan fingerprint density at radius 3 is 2.84 bits per heavy atom. The molecule has 1 aromatic carbocycles. The third-order valence-electron chi connectivity index (χ3n) is 2.72. The first-order valence-corrected chi connectivity index (χ1v) is 6.59. The highest BCUT2D eigenvalue weighted by atomic mass is 16.5. The minimum Gasteiger partial charge on any atom is -0.399 e. The van der Waals surface area contributed by atoms with Crippen molar-refractivity contribution in [1.82, 2.24) is 5.32 Å². The Kier molecular flexibility index (Phi) is 6.74. The molecule has 0 unspecified atom stereocenters. The van der Waals surface area contributed by atoms with Crippen LogP contribution >= 0.6 is 0 Å². The van der Waals surface area contributed by atoms with E-state index in [0.29, 0.717) is 17.8 Å². The molecule has 0 fully saturated rings. The summed E-state index contributed by atoms with van der Waals surface area (Å²) in [5, 5.41) is 6.05. The quantitative estimate of drug-likeness (QED) is 0.495. The van der Waals surface area contributed by atoms with Gasteiger partial charge in [-0.1, -0.05) is 0 Å². The molecule has 0 radical (unpaired) electrons. The Hall–Kier alpha value is -1.75. The third kappa shape index (κ3) is 5.18. The van der Waals surface area contributed by atoms with Crippen molar-refractivity contribution in [1.29, 1.82) is 0 Å². The van der Waals surface area contributed by atoms with Gasteiger partial charge in [0.25, 0.3) is 5.91 Å². The van der Waals surface area contributed by atoms with Crippen LogP contribution in [0, 0.1) is 0 Å². The summed E-state index contributed by atoms with van der Waals surface area (Å²) in [5.74, 6) is -0.0816. The van der Waals surface area contributed by atoms with E-state index < -0.39 is 0 Å². The highest BCUT2D eigenvalue weighted by Crippen LogP contribution is 2.19. The maximum Gasteiger partial charge on any atom is 0.253 e. The van der Waals surface area contributed by atoms with E-state index in [0.717, 1.165) is 31.7 Å². The number of carbonyl (C=O) groups excluding carboxylic acids is 1. The zero-order valence-electron chi connectivity index (χ0n) is 11.7. The van der Waals surface area contributed by atoms with Crippen LogP contribution in [0.5, 0.6) is 0 Å². The Morgan fingerprint density at radius 1 is 1.37 bits per heavy atom. The number of nitrogen functional groups attached to an aromatic ring is 1. The van der Waals surface area contributed by atoms with Crippen molar-refractivity contribution in [2.75, 3.05) is 37.9 Å².